The van der Waals surface area contributed by atoms with Crippen molar-refractivity contribution in [2.24, 2.45) is 0 Å². The molecular formula is C17H26N2O6. The van der Waals surface area contributed by atoms with Gasteiger partial charge in [0.05, 0.1) is 25.4 Å². The maximum atomic E-state index is 12.3. The van der Waals surface area contributed by atoms with Crippen molar-refractivity contribution in [3.05, 3.63) is 32.6 Å². The second-order valence-corrected chi connectivity index (χ2v) is 7.29. The second kappa shape index (κ2) is 6.68. The molecule has 1 unspecified atom stereocenters. The van der Waals surface area contributed by atoms with Crippen molar-refractivity contribution < 1.29 is 18.9 Å². The average Bonchev–Trinajstić information content (AvgIpc) is 3.00. The van der Waals surface area contributed by atoms with Gasteiger partial charge in [-0.2, -0.15) is 0 Å². The second-order valence-electron chi connectivity index (χ2n) is 7.29. The van der Waals surface area contributed by atoms with E-state index in [1.54, 1.807) is 6.92 Å². The number of nitrogens with zero attached hydrogens (tertiary/aromatic N) is 1. The minimum absolute atomic E-state index is 0.0241. The standard InChI is InChI=1S/C17H26N2O6/c1-9(2)22-7-17-8-23-12(13(17)24-10(3)4)15(25-17)19-6-11(5)14(20)18-16(19)21/h6,9-10,12-13,15H,7-8H2,1-5H3,(H,18,20,21)/t12?,13-,15-,17+/m1/s1. The summed E-state index contributed by atoms with van der Waals surface area (Å²) in [6, 6.07) is 0. The zero-order valence-electron chi connectivity index (χ0n) is 15.3. The third kappa shape index (κ3) is 3.31. The van der Waals surface area contributed by atoms with Gasteiger partial charge in [0.1, 0.15) is 17.8 Å². The number of rotatable bonds is 6. The van der Waals surface area contributed by atoms with Crippen molar-refractivity contribution in [1.29, 1.82) is 0 Å². The summed E-state index contributed by atoms with van der Waals surface area (Å²) in [6.07, 6.45) is 0.0463. The first-order valence-electron chi connectivity index (χ1n) is 8.62. The molecule has 0 spiro atoms. The summed E-state index contributed by atoms with van der Waals surface area (Å²) >= 11 is 0. The molecular weight excluding hydrogens is 328 g/mol. The number of hydrogen-bond acceptors (Lipinski definition) is 6. The Kier molecular flexibility index (Phi) is 4.89. The fourth-order valence-corrected chi connectivity index (χ4v) is 3.30. The van der Waals surface area contributed by atoms with E-state index in [1.165, 1.54) is 10.8 Å². The Bertz CT molecular complexity index is 739. The van der Waals surface area contributed by atoms with Crippen LogP contribution in [0.4, 0.5) is 0 Å². The third-order valence-corrected chi connectivity index (χ3v) is 4.47. The van der Waals surface area contributed by atoms with Crippen molar-refractivity contribution in [3.63, 3.8) is 0 Å². The molecule has 2 aliphatic rings. The molecule has 0 amide bonds. The number of aromatic nitrogens is 2. The lowest BCUT2D eigenvalue weighted by Gasteiger charge is -2.32. The third-order valence-electron chi connectivity index (χ3n) is 4.47. The van der Waals surface area contributed by atoms with Gasteiger partial charge in [-0.3, -0.25) is 14.3 Å². The number of fused-ring (bicyclic) bond motifs is 2. The van der Waals surface area contributed by atoms with Crippen molar-refractivity contribution in [2.45, 2.75) is 70.9 Å². The van der Waals surface area contributed by atoms with Gasteiger partial charge in [-0.25, -0.2) is 4.79 Å². The summed E-state index contributed by atoms with van der Waals surface area (Å²) in [7, 11) is 0. The zero-order valence-corrected chi connectivity index (χ0v) is 15.3. The number of ether oxygens (including phenoxy) is 4. The van der Waals surface area contributed by atoms with E-state index in [1.807, 2.05) is 27.7 Å². The van der Waals surface area contributed by atoms with Crippen LogP contribution in [0, 0.1) is 6.92 Å². The molecule has 2 fully saturated rings. The summed E-state index contributed by atoms with van der Waals surface area (Å²) in [5, 5.41) is 0. The van der Waals surface area contributed by atoms with E-state index in [-0.39, 0.29) is 18.3 Å². The molecule has 3 rings (SSSR count). The Balaban J connectivity index is 1.95. The smallest absolute Gasteiger partial charge is 0.330 e. The highest BCUT2D eigenvalue weighted by Gasteiger charge is 2.63. The van der Waals surface area contributed by atoms with Gasteiger partial charge in [-0.05, 0) is 34.6 Å². The molecule has 0 saturated carbocycles. The van der Waals surface area contributed by atoms with Crippen LogP contribution in [-0.2, 0) is 18.9 Å². The van der Waals surface area contributed by atoms with Crippen LogP contribution in [0.3, 0.4) is 0 Å². The van der Waals surface area contributed by atoms with Crippen LogP contribution in [0.1, 0.15) is 39.5 Å². The number of aryl methyl sites for hydroxylation is 1. The first-order chi connectivity index (χ1) is 11.7. The van der Waals surface area contributed by atoms with Crippen LogP contribution >= 0.6 is 0 Å². The van der Waals surface area contributed by atoms with Crippen LogP contribution in [0.15, 0.2) is 15.8 Å². The monoisotopic (exact) mass is 354 g/mol. The van der Waals surface area contributed by atoms with Gasteiger partial charge in [0, 0.05) is 11.8 Å². The van der Waals surface area contributed by atoms with E-state index in [0.717, 1.165) is 0 Å². The zero-order chi connectivity index (χ0) is 18.4. The van der Waals surface area contributed by atoms with E-state index >= 15 is 0 Å². The van der Waals surface area contributed by atoms with Gasteiger partial charge < -0.3 is 18.9 Å². The number of H-pyrrole nitrogens is 1. The van der Waals surface area contributed by atoms with E-state index in [9.17, 15) is 9.59 Å². The lowest BCUT2D eigenvalue weighted by molar-refractivity contribution is -0.200. The summed E-state index contributed by atoms with van der Waals surface area (Å²) < 4.78 is 25.4. The first kappa shape index (κ1) is 18.3. The van der Waals surface area contributed by atoms with Gasteiger partial charge in [-0.1, -0.05) is 0 Å². The number of nitrogens with one attached hydrogen (secondary N) is 1. The Labute approximate surface area is 146 Å². The summed E-state index contributed by atoms with van der Waals surface area (Å²) in [5.41, 5.74) is -1.27. The molecule has 0 radical (unpaired) electrons. The predicted molar refractivity (Wildman–Crippen MR) is 89.7 cm³/mol. The number of aromatic amines is 1. The first-order valence-corrected chi connectivity index (χ1v) is 8.62. The maximum absolute atomic E-state index is 12.3. The SMILES string of the molecule is Cc1cn([C@@H]2O[C@@]3(COC(C)C)COC2[C@H]3OC(C)C)c(=O)[nH]c1=O. The Morgan fingerprint density at radius 2 is 2.04 bits per heavy atom. The molecule has 25 heavy (non-hydrogen) atoms. The normalized spacial score (nSPS) is 31.4. The lowest BCUT2D eigenvalue weighted by atomic mass is 9.99. The molecule has 1 N–H and O–H groups in total. The molecule has 1 aromatic rings. The molecule has 0 aromatic carbocycles. The minimum Gasteiger partial charge on any atom is -0.376 e. The highest BCUT2D eigenvalue weighted by molar-refractivity contribution is 5.10. The van der Waals surface area contributed by atoms with Crippen molar-refractivity contribution in [3.8, 4) is 0 Å². The van der Waals surface area contributed by atoms with E-state index < -0.39 is 29.2 Å². The lowest BCUT2D eigenvalue weighted by Crippen LogP contribution is -2.47. The van der Waals surface area contributed by atoms with Crippen LogP contribution in [0.25, 0.3) is 0 Å². The largest absolute Gasteiger partial charge is 0.376 e. The Morgan fingerprint density at radius 1 is 1.32 bits per heavy atom. The predicted octanol–water partition coefficient (Wildman–Crippen LogP) is 0.730. The molecule has 3 heterocycles. The fraction of sp³-hybridized carbons (Fsp3) is 0.765. The van der Waals surface area contributed by atoms with Crippen LogP contribution in [0.2, 0.25) is 0 Å². The highest BCUT2D eigenvalue weighted by Crippen LogP contribution is 2.46. The molecule has 1 aromatic heterocycles. The van der Waals surface area contributed by atoms with Crippen LogP contribution < -0.4 is 11.2 Å². The molecule has 140 valence electrons. The quantitative estimate of drug-likeness (QED) is 0.810. The summed E-state index contributed by atoms with van der Waals surface area (Å²) in [4.78, 5) is 26.2. The summed E-state index contributed by atoms with van der Waals surface area (Å²) in [6.45, 7) is 10.1. The summed E-state index contributed by atoms with van der Waals surface area (Å²) in [5.74, 6) is 0. The molecule has 8 heteroatoms. The number of hydrogen-bond donors (Lipinski definition) is 1. The molecule has 8 nitrogen and oxygen atoms in total. The minimum atomic E-state index is -0.770. The van der Waals surface area contributed by atoms with Crippen LogP contribution in [-0.4, -0.2) is 52.8 Å². The topological polar surface area (TPSA) is 91.8 Å². The van der Waals surface area contributed by atoms with Gasteiger partial charge >= 0.3 is 5.69 Å². The van der Waals surface area contributed by atoms with Crippen molar-refractivity contribution in [2.75, 3.05) is 13.2 Å². The van der Waals surface area contributed by atoms with Gasteiger partial charge in [0.15, 0.2) is 6.23 Å². The van der Waals surface area contributed by atoms with Gasteiger partial charge in [0.25, 0.3) is 5.56 Å². The maximum Gasteiger partial charge on any atom is 0.330 e. The Morgan fingerprint density at radius 3 is 2.68 bits per heavy atom. The highest BCUT2D eigenvalue weighted by atomic mass is 16.7. The van der Waals surface area contributed by atoms with E-state index in [2.05, 4.69) is 4.98 Å². The average molecular weight is 354 g/mol. The van der Waals surface area contributed by atoms with Crippen LogP contribution in [0.5, 0.6) is 0 Å². The molecule has 2 bridgehead atoms. The Hall–Kier alpha value is -1.48. The fourth-order valence-electron chi connectivity index (χ4n) is 3.30. The van der Waals surface area contributed by atoms with Crippen molar-refractivity contribution in [1.82, 2.24) is 9.55 Å². The molecule has 0 aliphatic carbocycles. The molecule has 2 aliphatic heterocycles. The van der Waals surface area contributed by atoms with E-state index in [0.29, 0.717) is 18.8 Å². The van der Waals surface area contributed by atoms with Gasteiger partial charge in [-0.15, -0.1) is 0 Å². The van der Waals surface area contributed by atoms with Gasteiger partial charge in [0.2, 0.25) is 0 Å². The van der Waals surface area contributed by atoms with Crippen molar-refractivity contribution >= 4 is 0 Å². The molecule has 2 saturated heterocycles. The van der Waals surface area contributed by atoms with E-state index in [4.69, 9.17) is 18.9 Å². The molecule has 4 atom stereocenters.